The molecule has 1 N–H and O–H groups in total. The van der Waals surface area contributed by atoms with Gasteiger partial charge in [-0.15, -0.1) is 0 Å². The zero-order valence-corrected chi connectivity index (χ0v) is 10.7. The summed E-state index contributed by atoms with van der Waals surface area (Å²) in [4.78, 5) is 14.7. The van der Waals surface area contributed by atoms with Gasteiger partial charge in [0.15, 0.2) is 0 Å². The molecular formula is C13H19N3O2. The van der Waals surface area contributed by atoms with Crippen molar-refractivity contribution in [2.24, 2.45) is 5.92 Å². The van der Waals surface area contributed by atoms with E-state index >= 15 is 0 Å². The van der Waals surface area contributed by atoms with Crippen molar-refractivity contribution in [3.05, 3.63) is 27.9 Å². The van der Waals surface area contributed by atoms with E-state index in [9.17, 15) is 10.1 Å². The summed E-state index contributed by atoms with van der Waals surface area (Å²) < 4.78 is 0. The lowest BCUT2D eigenvalue weighted by Crippen LogP contribution is -2.17. The van der Waals surface area contributed by atoms with Crippen molar-refractivity contribution in [1.82, 2.24) is 4.98 Å². The van der Waals surface area contributed by atoms with Crippen LogP contribution in [0.15, 0.2) is 12.3 Å². The van der Waals surface area contributed by atoms with Gasteiger partial charge in [-0.25, -0.2) is 4.98 Å². The topological polar surface area (TPSA) is 68.1 Å². The van der Waals surface area contributed by atoms with Crippen LogP contribution in [0, 0.1) is 23.0 Å². The molecule has 1 saturated carbocycles. The van der Waals surface area contributed by atoms with E-state index in [0.29, 0.717) is 17.3 Å². The van der Waals surface area contributed by atoms with Crippen LogP contribution in [0.3, 0.4) is 0 Å². The molecule has 1 aromatic rings. The fraction of sp³-hybridized carbons (Fsp3) is 0.615. The minimum Gasteiger partial charge on any atom is -0.370 e. The predicted octanol–water partition coefficient (Wildman–Crippen LogP) is 3.29. The lowest BCUT2D eigenvalue weighted by Gasteiger charge is -2.21. The first-order chi connectivity index (χ1) is 8.66. The summed E-state index contributed by atoms with van der Waals surface area (Å²) in [7, 11) is 0. The van der Waals surface area contributed by atoms with Gasteiger partial charge in [0.1, 0.15) is 5.82 Å². The van der Waals surface area contributed by atoms with Crippen LogP contribution in [0.5, 0.6) is 0 Å². The van der Waals surface area contributed by atoms with Crippen LogP contribution < -0.4 is 5.32 Å². The zero-order valence-electron chi connectivity index (χ0n) is 10.7. The third kappa shape index (κ3) is 3.18. The number of pyridine rings is 1. The number of anilines is 1. The maximum absolute atomic E-state index is 10.8. The lowest BCUT2D eigenvalue weighted by atomic mass is 9.89. The van der Waals surface area contributed by atoms with Crippen LogP contribution in [0.1, 0.15) is 37.7 Å². The van der Waals surface area contributed by atoms with Crippen LogP contribution in [-0.2, 0) is 0 Å². The lowest BCUT2D eigenvalue weighted by molar-refractivity contribution is -0.385. The second-order valence-electron chi connectivity index (χ2n) is 5.00. The van der Waals surface area contributed by atoms with Gasteiger partial charge in [0.25, 0.3) is 5.69 Å². The smallest absolute Gasteiger partial charge is 0.277 e. The van der Waals surface area contributed by atoms with Gasteiger partial charge in [0.05, 0.1) is 11.0 Å². The molecular weight excluding hydrogens is 230 g/mol. The van der Waals surface area contributed by atoms with Crippen LogP contribution in [0.2, 0.25) is 0 Å². The van der Waals surface area contributed by atoms with E-state index in [2.05, 4.69) is 10.3 Å². The van der Waals surface area contributed by atoms with E-state index in [-0.39, 0.29) is 10.6 Å². The third-order valence-corrected chi connectivity index (χ3v) is 3.57. The Kier molecular flexibility index (Phi) is 4.12. The molecule has 5 heteroatoms. The summed E-state index contributed by atoms with van der Waals surface area (Å²) >= 11 is 0. The fourth-order valence-corrected chi connectivity index (χ4v) is 2.45. The number of rotatable bonds is 4. The monoisotopic (exact) mass is 249 g/mol. The molecule has 1 aromatic heterocycles. The number of aromatic nitrogens is 1. The van der Waals surface area contributed by atoms with Crippen LogP contribution in [0.4, 0.5) is 11.5 Å². The SMILES string of the molecule is Cc1cnc(NCC2CCCCC2)cc1[N+](=O)[O-]. The second-order valence-corrected chi connectivity index (χ2v) is 5.00. The second kappa shape index (κ2) is 5.80. The first-order valence-corrected chi connectivity index (χ1v) is 6.51. The molecule has 0 aliphatic heterocycles. The molecule has 0 amide bonds. The Labute approximate surface area is 107 Å². The minimum absolute atomic E-state index is 0.135. The van der Waals surface area contributed by atoms with Gasteiger partial charge in [-0.05, 0) is 25.7 Å². The van der Waals surface area contributed by atoms with Gasteiger partial charge in [0.2, 0.25) is 0 Å². The van der Waals surface area contributed by atoms with Crippen molar-refractivity contribution in [3.8, 4) is 0 Å². The molecule has 5 nitrogen and oxygen atoms in total. The number of nitrogens with zero attached hydrogens (tertiary/aromatic N) is 2. The molecule has 1 heterocycles. The highest BCUT2D eigenvalue weighted by molar-refractivity contribution is 5.48. The molecule has 0 aromatic carbocycles. The van der Waals surface area contributed by atoms with E-state index in [1.807, 2.05) is 0 Å². The van der Waals surface area contributed by atoms with E-state index < -0.39 is 0 Å². The Morgan fingerprint density at radius 3 is 2.83 bits per heavy atom. The maximum atomic E-state index is 10.8. The van der Waals surface area contributed by atoms with Crippen molar-refractivity contribution in [3.63, 3.8) is 0 Å². The first kappa shape index (κ1) is 12.8. The minimum atomic E-state index is -0.358. The van der Waals surface area contributed by atoms with Crippen molar-refractivity contribution in [1.29, 1.82) is 0 Å². The number of hydrogen-bond acceptors (Lipinski definition) is 4. The van der Waals surface area contributed by atoms with Crippen molar-refractivity contribution >= 4 is 11.5 Å². The maximum Gasteiger partial charge on any atom is 0.277 e. The van der Waals surface area contributed by atoms with Gasteiger partial charge in [-0.1, -0.05) is 19.3 Å². The van der Waals surface area contributed by atoms with E-state index in [0.717, 1.165) is 6.54 Å². The van der Waals surface area contributed by atoms with Crippen molar-refractivity contribution in [2.45, 2.75) is 39.0 Å². The Bertz CT molecular complexity index is 428. The number of hydrogen-bond donors (Lipinski definition) is 1. The molecule has 0 radical (unpaired) electrons. The van der Waals surface area contributed by atoms with Gasteiger partial charge >= 0.3 is 0 Å². The molecule has 98 valence electrons. The quantitative estimate of drug-likeness (QED) is 0.656. The van der Waals surface area contributed by atoms with Crippen molar-refractivity contribution < 1.29 is 4.92 Å². The highest BCUT2D eigenvalue weighted by Gasteiger charge is 2.15. The number of nitro groups is 1. The average molecular weight is 249 g/mol. The molecule has 0 saturated heterocycles. The van der Waals surface area contributed by atoms with Gasteiger partial charge < -0.3 is 5.32 Å². The molecule has 0 unspecified atom stereocenters. The first-order valence-electron chi connectivity index (χ1n) is 6.51. The molecule has 0 atom stereocenters. The molecule has 1 aliphatic carbocycles. The Morgan fingerprint density at radius 1 is 1.44 bits per heavy atom. The zero-order chi connectivity index (χ0) is 13.0. The van der Waals surface area contributed by atoms with Gasteiger partial charge in [0, 0.05) is 18.3 Å². The molecule has 18 heavy (non-hydrogen) atoms. The standard InChI is InChI=1S/C13H19N3O2/c1-10-8-14-13(7-12(10)16(17)18)15-9-11-5-3-2-4-6-11/h7-8,11H,2-6,9H2,1H3,(H,14,15). The fourth-order valence-electron chi connectivity index (χ4n) is 2.45. The summed E-state index contributed by atoms with van der Waals surface area (Å²) in [5, 5.41) is 14.1. The van der Waals surface area contributed by atoms with Crippen LogP contribution >= 0.6 is 0 Å². The summed E-state index contributed by atoms with van der Waals surface area (Å²) in [6.07, 6.45) is 8.00. The Morgan fingerprint density at radius 2 is 2.17 bits per heavy atom. The molecule has 0 spiro atoms. The van der Waals surface area contributed by atoms with E-state index in [1.165, 1.54) is 38.2 Å². The number of nitrogens with one attached hydrogen (secondary N) is 1. The predicted molar refractivity (Wildman–Crippen MR) is 70.7 cm³/mol. The molecule has 1 aliphatic rings. The van der Waals surface area contributed by atoms with Crippen molar-refractivity contribution in [2.75, 3.05) is 11.9 Å². The van der Waals surface area contributed by atoms with Crippen LogP contribution in [-0.4, -0.2) is 16.5 Å². The average Bonchev–Trinajstić information content (AvgIpc) is 2.38. The largest absolute Gasteiger partial charge is 0.370 e. The van der Waals surface area contributed by atoms with Gasteiger partial charge in [-0.3, -0.25) is 10.1 Å². The summed E-state index contributed by atoms with van der Waals surface area (Å²) in [6, 6.07) is 1.53. The third-order valence-electron chi connectivity index (χ3n) is 3.57. The number of aryl methyl sites for hydroxylation is 1. The van der Waals surface area contributed by atoms with E-state index in [1.54, 1.807) is 13.1 Å². The molecule has 1 fully saturated rings. The molecule has 0 bridgehead atoms. The summed E-state index contributed by atoms with van der Waals surface area (Å²) in [5.41, 5.74) is 0.736. The normalized spacial score (nSPS) is 16.5. The highest BCUT2D eigenvalue weighted by atomic mass is 16.6. The Balaban J connectivity index is 1.96. The highest BCUT2D eigenvalue weighted by Crippen LogP contribution is 2.25. The Hall–Kier alpha value is -1.65. The summed E-state index contributed by atoms with van der Waals surface area (Å²) in [6.45, 7) is 2.57. The van der Waals surface area contributed by atoms with Gasteiger partial charge in [-0.2, -0.15) is 0 Å². The van der Waals surface area contributed by atoms with E-state index in [4.69, 9.17) is 0 Å². The summed E-state index contributed by atoms with van der Waals surface area (Å²) in [5.74, 6) is 1.29. The molecule has 2 rings (SSSR count). The van der Waals surface area contributed by atoms with Crippen LogP contribution in [0.25, 0.3) is 0 Å².